The van der Waals surface area contributed by atoms with E-state index in [2.05, 4.69) is 6.58 Å². The molecular weight excluding hydrogens is 254 g/mol. The van der Waals surface area contributed by atoms with Gasteiger partial charge in [-0.2, -0.15) is 0 Å². The largest absolute Gasteiger partial charge is 0.507 e. The lowest BCUT2D eigenvalue weighted by atomic mass is 10.2. The Bertz CT molecular complexity index is 520. The van der Waals surface area contributed by atoms with Gasteiger partial charge in [-0.25, -0.2) is 0 Å². The Labute approximate surface area is 119 Å². The van der Waals surface area contributed by atoms with Crippen molar-refractivity contribution in [2.75, 3.05) is 13.6 Å². The molecule has 4 nitrogen and oxygen atoms in total. The van der Waals surface area contributed by atoms with Crippen LogP contribution in [0.2, 0.25) is 0 Å². The van der Waals surface area contributed by atoms with Crippen molar-refractivity contribution in [3.05, 3.63) is 48.6 Å². The number of amides is 1. The molecule has 0 aromatic heterocycles. The molecule has 0 unspecified atom stereocenters. The highest BCUT2D eigenvalue weighted by Gasteiger charge is 2.05. The Balaban J connectivity index is 2.47. The van der Waals surface area contributed by atoms with Crippen LogP contribution in [0.4, 0.5) is 0 Å². The quantitative estimate of drug-likeness (QED) is 0.776. The van der Waals surface area contributed by atoms with Crippen LogP contribution in [0.1, 0.15) is 18.4 Å². The fraction of sp³-hybridized carbons (Fsp3) is 0.250. The number of phenols is 1. The predicted octanol–water partition coefficient (Wildman–Crippen LogP) is 2.40. The van der Waals surface area contributed by atoms with E-state index in [1.54, 1.807) is 37.4 Å². The van der Waals surface area contributed by atoms with Gasteiger partial charge in [-0.05, 0) is 24.6 Å². The summed E-state index contributed by atoms with van der Waals surface area (Å²) in [6.45, 7) is 3.90. The molecule has 0 saturated heterocycles. The van der Waals surface area contributed by atoms with Crippen molar-refractivity contribution in [2.45, 2.75) is 12.8 Å². The van der Waals surface area contributed by atoms with E-state index in [1.165, 1.54) is 17.1 Å². The van der Waals surface area contributed by atoms with Crippen molar-refractivity contribution >= 4 is 17.8 Å². The first-order valence-electron chi connectivity index (χ1n) is 6.41. The number of rotatable bonds is 7. The number of hydrogen-bond acceptors (Lipinski definition) is 3. The number of benzene rings is 1. The number of nitrogens with zero attached hydrogens (tertiary/aromatic N) is 1. The maximum absolute atomic E-state index is 11.8. The first-order valence-corrected chi connectivity index (χ1v) is 6.41. The standard InChI is InChI=1S/C16H19NO3/c1-3-14(18)8-6-12-17(2)16(20)11-10-13-7-4-5-9-15(13)19/h3-5,7,9-11,19H,1,6,8,12H2,2H3/b11-10+. The fourth-order valence-corrected chi connectivity index (χ4v) is 1.62. The number of para-hydroxylation sites is 1. The van der Waals surface area contributed by atoms with Crippen LogP contribution < -0.4 is 0 Å². The van der Waals surface area contributed by atoms with Crippen LogP contribution in [-0.4, -0.2) is 35.3 Å². The normalized spacial score (nSPS) is 10.4. The molecule has 106 valence electrons. The molecule has 1 N–H and O–H groups in total. The maximum atomic E-state index is 11.8. The highest BCUT2D eigenvalue weighted by Crippen LogP contribution is 2.16. The summed E-state index contributed by atoms with van der Waals surface area (Å²) in [6, 6.07) is 6.79. The van der Waals surface area contributed by atoms with Crippen LogP contribution in [0.3, 0.4) is 0 Å². The molecule has 0 fully saturated rings. The van der Waals surface area contributed by atoms with Crippen LogP contribution in [0, 0.1) is 0 Å². The molecule has 0 saturated carbocycles. The minimum Gasteiger partial charge on any atom is -0.507 e. The van der Waals surface area contributed by atoms with E-state index < -0.39 is 0 Å². The van der Waals surface area contributed by atoms with Crippen molar-refractivity contribution in [1.29, 1.82) is 0 Å². The lowest BCUT2D eigenvalue weighted by Crippen LogP contribution is -2.26. The van der Waals surface area contributed by atoms with E-state index >= 15 is 0 Å². The van der Waals surface area contributed by atoms with Crippen LogP contribution in [-0.2, 0) is 9.59 Å². The number of likely N-dealkylation sites (N-methyl/N-ethyl adjacent to an activating group) is 1. The van der Waals surface area contributed by atoms with Gasteiger partial charge in [0.05, 0.1) is 0 Å². The van der Waals surface area contributed by atoms with E-state index in [-0.39, 0.29) is 17.4 Å². The molecule has 0 heterocycles. The van der Waals surface area contributed by atoms with Crippen LogP contribution in [0.15, 0.2) is 43.0 Å². The topological polar surface area (TPSA) is 57.6 Å². The van der Waals surface area contributed by atoms with E-state index in [0.717, 1.165) is 0 Å². The van der Waals surface area contributed by atoms with Gasteiger partial charge in [-0.15, -0.1) is 0 Å². The van der Waals surface area contributed by atoms with Crippen LogP contribution >= 0.6 is 0 Å². The zero-order valence-electron chi connectivity index (χ0n) is 11.6. The smallest absolute Gasteiger partial charge is 0.246 e. The van der Waals surface area contributed by atoms with Gasteiger partial charge in [0.2, 0.25) is 5.91 Å². The van der Waals surface area contributed by atoms with Gasteiger partial charge in [0.1, 0.15) is 5.75 Å². The molecule has 0 atom stereocenters. The lowest BCUT2D eigenvalue weighted by Gasteiger charge is -2.14. The molecule has 0 aliphatic rings. The molecule has 0 spiro atoms. The van der Waals surface area contributed by atoms with Gasteiger partial charge < -0.3 is 10.0 Å². The molecule has 0 radical (unpaired) electrons. The summed E-state index contributed by atoms with van der Waals surface area (Å²) < 4.78 is 0. The molecule has 1 aromatic rings. The predicted molar refractivity (Wildman–Crippen MR) is 79.2 cm³/mol. The number of aromatic hydroxyl groups is 1. The SMILES string of the molecule is C=CC(=O)CCCN(C)C(=O)/C=C/c1ccccc1O. The van der Waals surface area contributed by atoms with E-state index in [1.807, 2.05) is 0 Å². The molecule has 1 rings (SSSR count). The highest BCUT2D eigenvalue weighted by atomic mass is 16.3. The first-order chi connectivity index (χ1) is 9.54. The van der Waals surface area contributed by atoms with Gasteiger partial charge in [0.15, 0.2) is 5.78 Å². The third kappa shape index (κ3) is 5.10. The Kier molecular flexibility index (Phi) is 6.23. The average Bonchev–Trinajstić information content (AvgIpc) is 2.45. The van der Waals surface area contributed by atoms with E-state index in [4.69, 9.17) is 0 Å². The molecule has 4 heteroatoms. The van der Waals surface area contributed by atoms with Gasteiger partial charge >= 0.3 is 0 Å². The van der Waals surface area contributed by atoms with Crippen molar-refractivity contribution < 1.29 is 14.7 Å². The molecular formula is C16H19NO3. The minimum atomic E-state index is -0.167. The summed E-state index contributed by atoms with van der Waals surface area (Å²) in [5.74, 6) is -0.0503. The van der Waals surface area contributed by atoms with Crippen LogP contribution in [0.25, 0.3) is 6.08 Å². The summed E-state index contributed by atoms with van der Waals surface area (Å²) in [4.78, 5) is 24.4. The summed E-state index contributed by atoms with van der Waals surface area (Å²) in [7, 11) is 1.68. The minimum absolute atomic E-state index is 0.0180. The lowest BCUT2D eigenvalue weighted by molar-refractivity contribution is -0.125. The number of ketones is 1. The van der Waals surface area contributed by atoms with Gasteiger partial charge in [0, 0.05) is 31.7 Å². The second-order valence-electron chi connectivity index (χ2n) is 4.43. The van der Waals surface area contributed by atoms with Crippen molar-refractivity contribution in [1.82, 2.24) is 4.90 Å². The zero-order chi connectivity index (χ0) is 15.0. The molecule has 0 aliphatic carbocycles. The average molecular weight is 273 g/mol. The van der Waals surface area contributed by atoms with Gasteiger partial charge in [-0.1, -0.05) is 24.8 Å². The Morgan fingerprint density at radius 2 is 2.05 bits per heavy atom. The molecule has 1 aromatic carbocycles. The van der Waals surface area contributed by atoms with E-state index in [9.17, 15) is 14.7 Å². The molecule has 0 bridgehead atoms. The van der Waals surface area contributed by atoms with Crippen molar-refractivity contribution in [3.63, 3.8) is 0 Å². The Morgan fingerprint density at radius 1 is 1.35 bits per heavy atom. The fourth-order valence-electron chi connectivity index (χ4n) is 1.62. The van der Waals surface area contributed by atoms with Crippen molar-refractivity contribution in [2.24, 2.45) is 0 Å². The third-order valence-electron chi connectivity index (χ3n) is 2.86. The second kappa shape index (κ2) is 7.94. The summed E-state index contributed by atoms with van der Waals surface area (Å²) in [5, 5.41) is 9.57. The number of allylic oxidation sites excluding steroid dienone is 1. The Morgan fingerprint density at radius 3 is 2.70 bits per heavy atom. The Hall–Kier alpha value is -2.36. The first kappa shape index (κ1) is 15.7. The zero-order valence-corrected chi connectivity index (χ0v) is 11.6. The third-order valence-corrected chi connectivity index (χ3v) is 2.86. The number of phenolic OH excluding ortho intramolecular Hbond substituents is 1. The van der Waals surface area contributed by atoms with Gasteiger partial charge in [-0.3, -0.25) is 9.59 Å². The number of carbonyl (C=O) groups excluding carboxylic acids is 2. The maximum Gasteiger partial charge on any atom is 0.246 e. The highest BCUT2D eigenvalue weighted by molar-refractivity contribution is 5.92. The molecule has 0 aliphatic heterocycles. The number of hydrogen-bond donors (Lipinski definition) is 1. The van der Waals surface area contributed by atoms with Crippen LogP contribution in [0.5, 0.6) is 5.75 Å². The molecule has 1 amide bonds. The number of carbonyl (C=O) groups is 2. The molecule has 20 heavy (non-hydrogen) atoms. The second-order valence-corrected chi connectivity index (χ2v) is 4.43. The summed E-state index contributed by atoms with van der Waals surface area (Å²) in [6.07, 6.45) is 5.27. The van der Waals surface area contributed by atoms with Gasteiger partial charge in [0.25, 0.3) is 0 Å². The van der Waals surface area contributed by atoms with E-state index in [0.29, 0.717) is 24.9 Å². The monoisotopic (exact) mass is 273 g/mol. The summed E-state index contributed by atoms with van der Waals surface area (Å²) in [5.41, 5.74) is 0.594. The van der Waals surface area contributed by atoms with Crippen molar-refractivity contribution in [3.8, 4) is 5.75 Å². The summed E-state index contributed by atoms with van der Waals surface area (Å²) >= 11 is 0.